The van der Waals surface area contributed by atoms with E-state index in [1.807, 2.05) is 91.6 Å². The standard InChI is InChI=1S/C48H63N5O6Si/c1-34(2)14-13-15-35(3)22-27-51-41-21-20-39(52-33-53(38-18-11-8-12-19-38)47(45(52)56)23-25-49-26-24-47)30-40(41)48(46(51)57)36(4)44(60(5,6)58)42(59-48)31-43(55)50(28-29-54)32-37-16-9-7-10-17-37/h7-12,14,16-22,30,36,42,44,49,54,58H,13,15,23-29,31-33H2,1-6H3/b35-22+/t36-,42+,44-,48+/m1/s1. The molecule has 3 amide bonds. The largest absolute Gasteiger partial charge is 0.432 e. The monoisotopic (exact) mass is 833 g/mol. The Kier molecular flexibility index (Phi) is 12.9. The summed E-state index contributed by atoms with van der Waals surface area (Å²) in [5.74, 6) is -0.903. The van der Waals surface area contributed by atoms with Gasteiger partial charge in [0.1, 0.15) is 5.54 Å². The van der Waals surface area contributed by atoms with Crippen LogP contribution in [0.25, 0.3) is 0 Å². The number of aliphatic hydroxyl groups excluding tert-OH is 1. The molecule has 2 spiro atoms. The molecule has 0 aromatic heterocycles. The van der Waals surface area contributed by atoms with E-state index in [2.05, 4.69) is 55.3 Å². The van der Waals surface area contributed by atoms with E-state index >= 15 is 4.79 Å². The molecule has 11 nitrogen and oxygen atoms in total. The summed E-state index contributed by atoms with van der Waals surface area (Å²) in [5, 5.41) is 13.4. The van der Waals surface area contributed by atoms with E-state index in [9.17, 15) is 19.5 Å². The molecule has 4 aliphatic heterocycles. The number of benzene rings is 3. The van der Waals surface area contributed by atoms with Gasteiger partial charge in [-0.3, -0.25) is 19.3 Å². The molecule has 0 aliphatic carbocycles. The number of aliphatic hydroxyl groups is 1. The molecule has 3 aromatic carbocycles. The number of hydrogen-bond acceptors (Lipinski definition) is 8. The summed E-state index contributed by atoms with van der Waals surface area (Å²) in [7, 11) is -3.11. The van der Waals surface area contributed by atoms with Crippen LogP contribution in [0.5, 0.6) is 0 Å². The highest BCUT2D eigenvalue weighted by atomic mass is 28.4. The van der Waals surface area contributed by atoms with Crippen LogP contribution in [0.4, 0.5) is 17.1 Å². The molecular weight excluding hydrogens is 771 g/mol. The van der Waals surface area contributed by atoms with Gasteiger partial charge in [0.2, 0.25) is 5.91 Å². The Labute approximate surface area is 356 Å². The Hall–Kier alpha value is -4.59. The Bertz CT molecular complexity index is 2090. The minimum absolute atomic E-state index is 0.0333. The van der Waals surface area contributed by atoms with Crippen molar-refractivity contribution < 1.29 is 29.0 Å². The number of rotatable bonds is 14. The van der Waals surface area contributed by atoms with E-state index < -0.39 is 37.0 Å². The third-order valence-electron chi connectivity index (χ3n) is 13.2. The first-order chi connectivity index (χ1) is 28.7. The number of carbonyl (C=O) groups excluding carboxylic acids is 3. The zero-order valence-corrected chi connectivity index (χ0v) is 37.2. The lowest BCUT2D eigenvalue weighted by molar-refractivity contribution is -0.149. The molecule has 320 valence electrons. The molecule has 0 saturated carbocycles. The van der Waals surface area contributed by atoms with E-state index in [0.717, 1.165) is 37.2 Å². The number of para-hydroxylation sites is 1. The van der Waals surface area contributed by atoms with E-state index in [0.29, 0.717) is 49.5 Å². The molecule has 0 unspecified atom stereocenters. The highest BCUT2D eigenvalue weighted by Crippen LogP contribution is 2.60. The van der Waals surface area contributed by atoms with Gasteiger partial charge in [0.25, 0.3) is 11.8 Å². The third kappa shape index (κ3) is 8.24. The molecule has 12 heteroatoms. The van der Waals surface area contributed by atoms with Gasteiger partial charge in [0.15, 0.2) is 13.9 Å². The van der Waals surface area contributed by atoms with Crippen molar-refractivity contribution >= 4 is 43.1 Å². The van der Waals surface area contributed by atoms with Crippen molar-refractivity contribution in [3.8, 4) is 0 Å². The third-order valence-corrected chi connectivity index (χ3v) is 15.8. The SMILES string of the molecule is CC(C)=CCC/C(C)=C/CN1C(=O)[C@@]2(O[C@@H](CC(=O)N(CCO)Cc3ccccc3)[C@H]([Si](C)(C)O)[C@H]2C)c2cc(N3CN(c4ccccc4)C4(CCNCC4)C3=O)ccc21. The second-order valence-electron chi connectivity index (χ2n) is 18.0. The Morgan fingerprint density at radius 1 is 0.950 bits per heavy atom. The van der Waals surface area contributed by atoms with Gasteiger partial charge in [-0.05, 0) is 109 Å². The first-order valence-corrected chi connectivity index (χ1v) is 24.7. The van der Waals surface area contributed by atoms with Crippen LogP contribution in [0.2, 0.25) is 18.6 Å². The number of ether oxygens (including phenoxy) is 1. The van der Waals surface area contributed by atoms with Crippen LogP contribution < -0.4 is 20.0 Å². The minimum atomic E-state index is -3.11. The number of fused-ring (bicyclic) bond motifs is 2. The number of carbonyl (C=O) groups is 3. The lowest BCUT2D eigenvalue weighted by Crippen LogP contribution is -2.55. The number of hydrogen-bond donors (Lipinski definition) is 3. The van der Waals surface area contributed by atoms with Gasteiger partial charge in [0, 0.05) is 48.0 Å². The van der Waals surface area contributed by atoms with Crippen LogP contribution in [-0.4, -0.2) is 91.9 Å². The predicted octanol–water partition coefficient (Wildman–Crippen LogP) is 6.87. The number of piperidine rings is 1. The van der Waals surface area contributed by atoms with Gasteiger partial charge >= 0.3 is 0 Å². The van der Waals surface area contributed by atoms with Crippen molar-refractivity contribution in [3.63, 3.8) is 0 Å². The minimum Gasteiger partial charge on any atom is -0.432 e. The molecule has 0 bridgehead atoms. The van der Waals surface area contributed by atoms with Crippen molar-refractivity contribution in [2.45, 2.75) is 102 Å². The molecule has 3 N–H and O–H groups in total. The van der Waals surface area contributed by atoms with Gasteiger partial charge in [-0.1, -0.05) is 78.8 Å². The summed E-state index contributed by atoms with van der Waals surface area (Å²) in [5.41, 5.74) is 3.72. The van der Waals surface area contributed by atoms with Crippen LogP contribution in [0.3, 0.4) is 0 Å². The van der Waals surface area contributed by atoms with Gasteiger partial charge < -0.3 is 34.7 Å². The summed E-state index contributed by atoms with van der Waals surface area (Å²) in [6.07, 6.45) is 6.62. The highest BCUT2D eigenvalue weighted by Gasteiger charge is 2.66. The lowest BCUT2D eigenvalue weighted by Gasteiger charge is -2.39. The summed E-state index contributed by atoms with van der Waals surface area (Å²) in [6, 6.07) is 25.6. The molecule has 3 aromatic rings. The maximum absolute atomic E-state index is 15.3. The Balaban J connectivity index is 1.29. The van der Waals surface area contributed by atoms with Crippen molar-refractivity contribution in [2.75, 3.05) is 54.2 Å². The van der Waals surface area contributed by atoms with Gasteiger partial charge in [0.05, 0.1) is 31.5 Å². The van der Waals surface area contributed by atoms with E-state index in [-0.39, 0.29) is 37.3 Å². The van der Waals surface area contributed by atoms with E-state index in [1.165, 1.54) is 11.1 Å². The second kappa shape index (κ2) is 17.8. The van der Waals surface area contributed by atoms with Gasteiger partial charge in [-0.2, -0.15) is 0 Å². The topological polar surface area (TPSA) is 126 Å². The van der Waals surface area contributed by atoms with Crippen molar-refractivity contribution in [3.05, 3.63) is 113 Å². The van der Waals surface area contributed by atoms with Gasteiger partial charge in [-0.25, -0.2) is 0 Å². The Morgan fingerprint density at radius 3 is 2.28 bits per heavy atom. The quantitative estimate of drug-likeness (QED) is 0.119. The molecule has 4 atom stereocenters. The predicted molar refractivity (Wildman–Crippen MR) is 240 cm³/mol. The molecule has 0 radical (unpaired) electrons. The summed E-state index contributed by atoms with van der Waals surface area (Å²) in [6.45, 7) is 14.4. The number of amides is 3. The lowest BCUT2D eigenvalue weighted by atomic mass is 9.82. The maximum atomic E-state index is 15.3. The van der Waals surface area contributed by atoms with Crippen LogP contribution >= 0.6 is 0 Å². The number of allylic oxidation sites excluding steroid dienone is 3. The fourth-order valence-electron chi connectivity index (χ4n) is 10.2. The number of nitrogens with zero attached hydrogens (tertiary/aromatic N) is 4. The maximum Gasteiger partial charge on any atom is 0.264 e. The van der Waals surface area contributed by atoms with Crippen LogP contribution in [0.1, 0.15) is 70.9 Å². The summed E-state index contributed by atoms with van der Waals surface area (Å²) < 4.78 is 7.15. The number of nitrogens with one attached hydrogen (secondary N) is 1. The van der Waals surface area contributed by atoms with Crippen LogP contribution in [0, 0.1) is 5.92 Å². The van der Waals surface area contributed by atoms with Crippen molar-refractivity contribution in [2.24, 2.45) is 5.92 Å². The molecule has 4 heterocycles. The summed E-state index contributed by atoms with van der Waals surface area (Å²) >= 11 is 0. The molecule has 7 rings (SSSR count). The van der Waals surface area contributed by atoms with Crippen LogP contribution in [0.15, 0.2) is 102 Å². The van der Waals surface area contributed by atoms with E-state index in [4.69, 9.17) is 4.74 Å². The van der Waals surface area contributed by atoms with Gasteiger partial charge in [-0.15, -0.1) is 0 Å². The fourth-order valence-corrected chi connectivity index (χ4v) is 12.8. The van der Waals surface area contributed by atoms with Crippen LogP contribution in [-0.2, 0) is 31.3 Å². The highest BCUT2D eigenvalue weighted by molar-refractivity contribution is 6.71. The fraction of sp³-hybridized carbons (Fsp3) is 0.479. The van der Waals surface area contributed by atoms with Crippen molar-refractivity contribution in [1.29, 1.82) is 0 Å². The smallest absolute Gasteiger partial charge is 0.264 e. The normalized spacial score (nSPS) is 23.8. The number of anilines is 3. The molecule has 4 aliphatic rings. The second-order valence-corrected chi connectivity index (χ2v) is 22.0. The first kappa shape index (κ1) is 43.5. The van der Waals surface area contributed by atoms with E-state index in [1.54, 1.807) is 9.80 Å². The molecule has 60 heavy (non-hydrogen) atoms. The first-order valence-electron chi connectivity index (χ1n) is 21.6. The molecule has 3 fully saturated rings. The molecule has 3 saturated heterocycles. The zero-order chi connectivity index (χ0) is 42.8. The summed E-state index contributed by atoms with van der Waals surface area (Å²) in [4.78, 5) is 63.9. The Morgan fingerprint density at radius 2 is 1.63 bits per heavy atom. The average Bonchev–Trinajstić information content (AvgIpc) is 3.77. The zero-order valence-electron chi connectivity index (χ0n) is 36.2. The molecular formula is C48H63N5O6Si. The van der Waals surface area contributed by atoms with Crippen molar-refractivity contribution in [1.82, 2.24) is 10.2 Å². The average molecular weight is 834 g/mol.